The molecule has 0 aromatic heterocycles. The lowest BCUT2D eigenvalue weighted by Crippen LogP contribution is -2.48. The average molecular weight is 494 g/mol. The van der Waals surface area contributed by atoms with Gasteiger partial charge in [0.15, 0.2) is 6.10 Å². The predicted molar refractivity (Wildman–Crippen MR) is 126 cm³/mol. The third-order valence-electron chi connectivity index (χ3n) is 5.86. The summed E-state index contributed by atoms with van der Waals surface area (Å²) in [5.41, 5.74) is 0.988. The summed E-state index contributed by atoms with van der Waals surface area (Å²) in [5.74, 6) is 0.349. The van der Waals surface area contributed by atoms with Crippen LogP contribution in [0.2, 0.25) is 5.02 Å². The molecule has 0 radical (unpaired) electrons. The van der Waals surface area contributed by atoms with Crippen LogP contribution in [0.1, 0.15) is 6.92 Å². The van der Waals surface area contributed by atoms with Crippen LogP contribution in [-0.2, 0) is 19.6 Å². The molecule has 2 aliphatic rings. The van der Waals surface area contributed by atoms with Crippen LogP contribution in [0.15, 0.2) is 53.4 Å². The Morgan fingerprint density at radius 2 is 1.67 bits per heavy atom. The Bertz CT molecular complexity index is 1070. The number of hydrogen-bond acceptors (Lipinski definition) is 6. The number of halogens is 1. The van der Waals surface area contributed by atoms with E-state index in [0.717, 1.165) is 5.69 Å². The normalized spacial score (nSPS) is 18.7. The molecule has 178 valence electrons. The predicted octanol–water partition coefficient (Wildman–Crippen LogP) is 2.48. The van der Waals surface area contributed by atoms with Gasteiger partial charge in [-0.25, -0.2) is 8.42 Å². The first kappa shape index (κ1) is 23.8. The molecular formula is C23H28ClN3O5S. The molecule has 2 saturated heterocycles. The molecule has 33 heavy (non-hydrogen) atoms. The lowest BCUT2D eigenvalue weighted by molar-refractivity contribution is -0.142. The average Bonchev–Trinajstić information content (AvgIpc) is 2.84. The zero-order valence-electron chi connectivity index (χ0n) is 18.5. The van der Waals surface area contributed by atoms with Crippen LogP contribution >= 0.6 is 11.6 Å². The fourth-order valence-electron chi connectivity index (χ4n) is 3.99. The Balaban J connectivity index is 1.35. The molecule has 2 aliphatic heterocycles. The largest absolute Gasteiger partial charge is 0.481 e. The van der Waals surface area contributed by atoms with Crippen LogP contribution in [0.4, 0.5) is 5.69 Å². The van der Waals surface area contributed by atoms with Crippen LogP contribution in [0.25, 0.3) is 0 Å². The highest BCUT2D eigenvalue weighted by atomic mass is 35.5. The number of sulfonamides is 1. The van der Waals surface area contributed by atoms with Crippen molar-refractivity contribution < 1.29 is 22.7 Å². The van der Waals surface area contributed by atoms with Crippen molar-refractivity contribution >= 4 is 33.2 Å². The van der Waals surface area contributed by atoms with Crippen LogP contribution in [0, 0.1) is 0 Å². The summed E-state index contributed by atoms with van der Waals surface area (Å²) in [5, 5.41) is 0.658. The number of carbonyl (C=O) groups excluding carboxylic acids is 1. The minimum Gasteiger partial charge on any atom is -0.481 e. The molecule has 4 rings (SSSR count). The monoisotopic (exact) mass is 493 g/mol. The second-order valence-electron chi connectivity index (χ2n) is 8.04. The maximum Gasteiger partial charge on any atom is 0.263 e. The van der Waals surface area contributed by atoms with E-state index >= 15 is 0 Å². The van der Waals surface area contributed by atoms with Gasteiger partial charge in [-0.1, -0.05) is 17.7 Å². The number of carbonyl (C=O) groups is 1. The quantitative estimate of drug-likeness (QED) is 0.615. The molecular weight excluding hydrogens is 466 g/mol. The van der Waals surface area contributed by atoms with Crippen molar-refractivity contribution in [2.45, 2.75) is 17.9 Å². The summed E-state index contributed by atoms with van der Waals surface area (Å²) in [6, 6.07) is 13.8. The second-order valence-corrected chi connectivity index (χ2v) is 10.4. The van der Waals surface area contributed by atoms with Gasteiger partial charge >= 0.3 is 0 Å². The van der Waals surface area contributed by atoms with Crippen molar-refractivity contribution in [3.63, 3.8) is 0 Å². The van der Waals surface area contributed by atoms with Gasteiger partial charge in [0, 0.05) is 50.0 Å². The first-order valence-corrected chi connectivity index (χ1v) is 12.8. The highest BCUT2D eigenvalue weighted by molar-refractivity contribution is 7.89. The molecule has 0 N–H and O–H groups in total. The number of morpholine rings is 1. The number of amides is 1. The van der Waals surface area contributed by atoms with Crippen LogP contribution < -0.4 is 9.64 Å². The van der Waals surface area contributed by atoms with Crippen molar-refractivity contribution in [2.75, 3.05) is 57.4 Å². The molecule has 0 unspecified atom stereocenters. The van der Waals surface area contributed by atoms with Gasteiger partial charge in [0.2, 0.25) is 10.0 Å². The summed E-state index contributed by atoms with van der Waals surface area (Å²) in [6.45, 7) is 5.79. The van der Waals surface area contributed by atoms with Gasteiger partial charge in [-0.05, 0) is 49.4 Å². The molecule has 1 atom stereocenters. The van der Waals surface area contributed by atoms with Crippen molar-refractivity contribution in [1.29, 1.82) is 0 Å². The molecule has 0 bridgehead atoms. The SMILES string of the molecule is C[C@@H](Oc1ccc(S(=O)(=O)N2CCN(c3cccc(Cl)c3)CC2)cc1)C(=O)N1CCOCC1. The van der Waals surface area contributed by atoms with Gasteiger partial charge < -0.3 is 19.3 Å². The topological polar surface area (TPSA) is 79.4 Å². The van der Waals surface area contributed by atoms with E-state index in [9.17, 15) is 13.2 Å². The van der Waals surface area contributed by atoms with Crippen molar-refractivity contribution in [3.05, 3.63) is 53.6 Å². The molecule has 1 amide bonds. The molecule has 0 aliphatic carbocycles. The second kappa shape index (κ2) is 10.3. The molecule has 8 nitrogen and oxygen atoms in total. The Morgan fingerprint density at radius 1 is 1.00 bits per heavy atom. The van der Waals surface area contributed by atoms with Gasteiger partial charge in [0.1, 0.15) is 5.75 Å². The molecule has 2 aromatic rings. The highest BCUT2D eigenvalue weighted by Gasteiger charge is 2.29. The van der Waals surface area contributed by atoms with E-state index in [1.807, 2.05) is 24.3 Å². The number of rotatable bonds is 6. The number of hydrogen-bond donors (Lipinski definition) is 0. The fourth-order valence-corrected chi connectivity index (χ4v) is 5.60. The number of ether oxygens (including phenoxy) is 2. The maximum atomic E-state index is 13.1. The molecule has 2 heterocycles. The van der Waals surface area contributed by atoms with E-state index in [1.165, 1.54) is 16.4 Å². The zero-order valence-corrected chi connectivity index (χ0v) is 20.1. The maximum absolute atomic E-state index is 13.1. The third-order valence-corrected chi connectivity index (χ3v) is 8.00. The fraction of sp³-hybridized carbons (Fsp3) is 0.435. The van der Waals surface area contributed by atoms with Gasteiger partial charge in [-0.2, -0.15) is 4.31 Å². The Kier molecular flexibility index (Phi) is 7.43. The lowest BCUT2D eigenvalue weighted by atomic mass is 10.2. The Labute approximate surface area is 199 Å². The van der Waals surface area contributed by atoms with E-state index in [2.05, 4.69) is 4.90 Å². The first-order valence-electron chi connectivity index (χ1n) is 11.0. The standard InChI is InChI=1S/C23H28ClN3O5S/c1-18(23(28)26-13-15-31-16-14-26)32-21-5-7-22(8-6-21)33(29,30)27-11-9-25(10-12-27)20-4-2-3-19(24)17-20/h2-8,17-18H,9-16H2,1H3/t18-/m1/s1. The molecule has 2 fully saturated rings. The Morgan fingerprint density at radius 3 is 2.30 bits per heavy atom. The van der Waals surface area contributed by atoms with Crippen LogP contribution in [0.5, 0.6) is 5.75 Å². The van der Waals surface area contributed by atoms with Gasteiger partial charge in [-0.3, -0.25) is 4.79 Å². The summed E-state index contributed by atoms with van der Waals surface area (Å²) < 4.78 is 38.7. The number of anilines is 1. The van der Waals surface area contributed by atoms with Crippen LogP contribution in [-0.4, -0.2) is 82.1 Å². The van der Waals surface area contributed by atoms with Crippen molar-refractivity contribution in [2.24, 2.45) is 0 Å². The summed E-state index contributed by atoms with van der Waals surface area (Å²) in [6.07, 6.45) is -0.662. The van der Waals surface area contributed by atoms with Gasteiger partial charge in [0.25, 0.3) is 5.91 Å². The van der Waals surface area contributed by atoms with Gasteiger partial charge in [-0.15, -0.1) is 0 Å². The van der Waals surface area contributed by atoms with E-state index in [0.29, 0.717) is 63.3 Å². The number of piperazine rings is 1. The number of benzene rings is 2. The van der Waals surface area contributed by atoms with Crippen molar-refractivity contribution in [1.82, 2.24) is 9.21 Å². The Hall–Kier alpha value is -2.33. The summed E-state index contributed by atoms with van der Waals surface area (Å²) in [7, 11) is -3.62. The summed E-state index contributed by atoms with van der Waals surface area (Å²) in [4.78, 5) is 16.6. The van der Waals surface area contributed by atoms with E-state index in [1.54, 1.807) is 24.0 Å². The third kappa shape index (κ3) is 5.60. The highest BCUT2D eigenvalue weighted by Crippen LogP contribution is 2.25. The molecule has 0 spiro atoms. The van der Waals surface area contributed by atoms with E-state index in [-0.39, 0.29) is 10.8 Å². The van der Waals surface area contributed by atoms with Crippen molar-refractivity contribution in [3.8, 4) is 5.75 Å². The lowest BCUT2D eigenvalue weighted by Gasteiger charge is -2.35. The first-order chi connectivity index (χ1) is 15.8. The minimum absolute atomic E-state index is 0.104. The van der Waals surface area contributed by atoms with E-state index in [4.69, 9.17) is 21.1 Å². The molecule has 0 saturated carbocycles. The number of nitrogens with zero attached hydrogens (tertiary/aromatic N) is 3. The molecule has 2 aromatic carbocycles. The van der Waals surface area contributed by atoms with Crippen LogP contribution in [0.3, 0.4) is 0 Å². The smallest absolute Gasteiger partial charge is 0.263 e. The minimum atomic E-state index is -3.62. The zero-order chi connectivity index (χ0) is 23.4. The molecule has 10 heteroatoms. The van der Waals surface area contributed by atoms with Gasteiger partial charge in [0.05, 0.1) is 18.1 Å². The summed E-state index contributed by atoms with van der Waals surface area (Å²) >= 11 is 6.08. The van der Waals surface area contributed by atoms with E-state index < -0.39 is 16.1 Å².